The van der Waals surface area contributed by atoms with Gasteiger partial charge in [0.25, 0.3) is 10.0 Å². The van der Waals surface area contributed by atoms with Crippen LogP contribution in [0.1, 0.15) is 24.3 Å². The molecule has 1 aliphatic rings. The summed E-state index contributed by atoms with van der Waals surface area (Å²) in [5.41, 5.74) is 2.71. The number of ether oxygens (including phenoxy) is 3. The van der Waals surface area contributed by atoms with E-state index in [1.54, 1.807) is 37.4 Å². The Kier molecular flexibility index (Phi) is 6.52. The minimum absolute atomic E-state index is 0.164. The third-order valence-corrected chi connectivity index (χ3v) is 7.51. The molecule has 188 valence electrons. The van der Waals surface area contributed by atoms with Gasteiger partial charge in [0.1, 0.15) is 12.0 Å². The van der Waals surface area contributed by atoms with Crippen molar-refractivity contribution in [3.8, 4) is 11.6 Å². The zero-order valence-electron chi connectivity index (χ0n) is 20.2. The Morgan fingerprint density at radius 3 is 2.67 bits per heavy atom. The number of nitrogens with one attached hydrogen (secondary N) is 2. The maximum Gasteiger partial charge on any atom is 0.269 e. The van der Waals surface area contributed by atoms with Crippen LogP contribution in [0.3, 0.4) is 0 Å². The second kappa shape index (κ2) is 9.76. The lowest BCUT2D eigenvalue weighted by Crippen LogP contribution is -2.14. The fraction of sp³-hybridized carbons (Fsp3) is 0.280. The first-order chi connectivity index (χ1) is 17.4. The third-order valence-electron chi connectivity index (χ3n) is 5.83. The summed E-state index contributed by atoms with van der Waals surface area (Å²) in [7, 11) is -2.32. The molecule has 0 radical (unpaired) electrons. The molecule has 1 aliphatic heterocycles. The second-order valence-corrected chi connectivity index (χ2v) is 10.1. The molecule has 0 bridgehead atoms. The van der Waals surface area contributed by atoms with Crippen LogP contribution in [-0.2, 0) is 14.8 Å². The van der Waals surface area contributed by atoms with Gasteiger partial charge in [-0.2, -0.15) is 9.97 Å². The predicted octanol–water partition coefficient (Wildman–Crippen LogP) is 3.75. The lowest BCUT2D eigenvalue weighted by molar-refractivity contribution is 0.102. The molecule has 11 heteroatoms. The molecule has 1 atom stereocenters. The summed E-state index contributed by atoms with van der Waals surface area (Å²) >= 11 is 0. The Morgan fingerprint density at radius 2 is 1.97 bits per heavy atom. The van der Waals surface area contributed by atoms with Crippen LogP contribution in [0.4, 0.5) is 11.6 Å². The topological polar surface area (TPSA) is 117 Å². The number of hydrogen-bond acceptors (Lipinski definition) is 9. The van der Waals surface area contributed by atoms with Gasteiger partial charge in [0, 0.05) is 12.7 Å². The maximum absolute atomic E-state index is 13.4. The van der Waals surface area contributed by atoms with E-state index in [9.17, 15) is 8.42 Å². The highest BCUT2D eigenvalue weighted by atomic mass is 32.2. The van der Waals surface area contributed by atoms with Crippen molar-refractivity contribution in [1.29, 1.82) is 0 Å². The number of nitrogens with zero attached hydrogens (tertiary/aromatic N) is 3. The van der Waals surface area contributed by atoms with Crippen molar-refractivity contribution in [1.82, 2.24) is 19.3 Å². The van der Waals surface area contributed by atoms with Gasteiger partial charge in [-0.1, -0.05) is 23.8 Å². The highest BCUT2D eigenvalue weighted by Gasteiger charge is 2.23. The number of aromatic nitrogens is 3. The summed E-state index contributed by atoms with van der Waals surface area (Å²) in [5.74, 6) is 1.02. The van der Waals surface area contributed by atoms with Crippen LogP contribution >= 0.6 is 0 Å². The van der Waals surface area contributed by atoms with Crippen molar-refractivity contribution in [2.45, 2.75) is 25.0 Å². The zero-order valence-corrected chi connectivity index (χ0v) is 21.0. The summed E-state index contributed by atoms with van der Waals surface area (Å²) in [6.45, 7) is 5.52. The van der Waals surface area contributed by atoms with E-state index in [-0.39, 0.29) is 28.6 Å². The molecule has 1 saturated heterocycles. The van der Waals surface area contributed by atoms with Gasteiger partial charge in [-0.3, -0.25) is 5.32 Å². The molecule has 0 aliphatic carbocycles. The summed E-state index contributed by atoms with van der Waals surface area (Å²) in [6, 6.07) is 13.9. The monoisotopic (exact) mass is 509 g/mol. The van der Waals surface area contributed by atoms with Crippen molar-refractivity contribution in [2.75, 3.05) is 32.2 Å². The van der Waals surface area contributed by atoms with Crippen LogP contribution in [-0.4, -0.2) is 49.2 Å². The highest BCUT2D eigenvalue weighted by Crippen LogP contribution is 2.33. The molecule has 1 fully saturated rings. The molecule has 0 saturated carbocycles. The average Bonchev–Trinajstić information content (AvgIpc) is 3.56. The molecule has 0 spiro atoms. The molecule has 36 heavy (non-hydrogen) atoms. The maximum atomic E-state index is 13.4. The molecule has 2 aromatic carbocycles. The van der Waals surface area contributed by atoms with E-state index in [1.165, 1.54) is 6.20 Å². The van der Waals surface area contributed by atoms with Gasteiger partial charge in [-0.15, -0.1) is 0 Å². The van der Waals surface area contributed by atoms with Gasteiger partial charge in [0.05, 0.1) is 36.3 Å². The lowest BCUT2D eigenvalue weighted by atomic mass is 10.1. The van der Waals surface area contributed by atoms with Gasteiger partial charge in [0.15, 0.2) is 5.65 Å². The first-order valence-electron chi connectivity index (χ1n) is 11.5. The molecule has 4 aromatic rings. The van der Waals surface area contributed by atoms with Crippen LogP contribution in [0.2, 0.25) is 0 Å². The first-order valence-corrected chi connectivity index (χ1v) is 13.0. The van der Waals surface area contributed by atoms with Crippen LogP contribution < -0.4 is 20.1 Å². The smallest absolute Gasteiger partial charge is 0.269 e. The summed E-state index contributed by atoms with van der Waals surface area (Å²) in [4.78, 5) is 9.21. The largest absolute Gasteiger partial charge is 0.495 e. The normalized spacial score (nSPS) is 15.8. The van der Waals surface area contributed by atoms with E-state index in [0.29, 0.717) is 30.0 Å². The highest BCUT2D eigenvalue weighted by molar-refractivity contribution is 7.90. The summed E-state index contributed by atoms with van der Waals surface area (Å²) in [6.07, 6.45) is 1.27. The number of benzene rings is 2. The second-order valence-electron chi connectivity index (χ2n) is 8.24. The van der Waals surface area contributed by atoms with E-state index in [1.807, 2.05) is 32.0 Å². The molecule has 1 unspecified atom stereocenters. The minimum atomic E-state index is -3.89. The number of rotatable bonds is 8. The van der Waals surface area contributed by atoms with E-state index in [0.717, 1.165) is 21.6 Å². The van der Waals surface area contributed by atoms with Crippen LogP contribution in [0.25, 0.3) is 11.0 Å². The van der Waals surface area contributed by atoms with E-state index in [4.69, 9.17) is 14.2 Å². The minimum Gasteiger partial charge on any atom is -0.495 e. The Balaban J connectivity index is 1.56. The molecular weight excluding hydrogens is 482 g/mol. The fourth-order valence-electron chi connectivity index (χ4n) is 4.02. The molecule has 2 aromatic heterocycles. The predicted molar refractivity (Wildman–Crippen MR) is 135 cm³/mol. The molecule has 5 rings (SSSR count). The van der Waals surface area contributed by atoms with Gasteiger partial charge >= 0.3 is 0 Å². The number of hydrogen-bond donors (Lipinski definition) is 2. The van der Waals surface area contributed by atoms with E-state index in [2.05, 4.69) is 20.6 Å². The van der Waals surface area contributed by atoms with Crippen molar-refractivity contribution < 1.29 is 22.6 Å². The van der Waals surface area contributed by atoms with Gasteiger partial charge in [0.2, 0.25) is 11.8 Å². The van der Waals surface area contributed by atoms with Gasteiger partial charge in [-0.05, 0) is 49.7 Å². The van der Waals surface area contributed by atoms with E-state index >= 15 is 0 Å². The molecule has 10 nitrogen and oxygen atoms in total. The van der Waals surface area contributed by atoms with Crippen LogP contribution in [0.15, 0.2) is 59.6 Å². The SMILES string of the molecule is CCOc1nc(Nc2ccc(C3NCCO3)cc2OC)nc2c1ccn2S(=O)(=O)c1ccc(C)cc1. The molecule has 3 heterocycles. The Labute approximate surface area is 209 Å². The standard InChI is InChI=1S/C25H27N5O5S/c1-4-34-24-19-11-13-30(36(31,32)18-8-5-16(2)6-9-18)22(19)28-25(29-24)27-20-10-7-17(15-21(20)33-3)23-26-12-14-35-23/h5-11,13,15,23,26H,4,12,14H2,1-3H3,(H,27,28,29). The summed E-state index contributed by atoms with van der Waals surface area (Å²) < 4.78 is 45.0. The van der Waals surface area contributed by atoms with Crippen molar-refractivity contribution in [3.63, 3.8) is 0 Å². The Hall–Kier alpha value is -3.67. The summed E-state index contributed by atoms with van der Waals surface area (Å²) in [5, 5.41) is 6.91. The Morgan fingerprint density at radius 1 is 1.17 bits per heavy atom. The third kappa shape index (κ3) is 4.48. The van der Waals surface area contributed by atoms with Crippen molar-refractivity contribution in [2.24, 2.45) is 0 Å². The van der Waals surface area contributed by atoms with Crippen LogP contribution in [0.5, 0.6) is 11.6 Å². The van der Waals surface area contributed by atoms with Crippen LogP contribution in [0, 0.1) is 6.92 Å². The fourth-order valence-corrected chi connectivity index (χ4v) is 5.31. The number of anilines is 2. The number of methoxy groups -OCH3 is 1. The first kappa shape index (κ1) is 24.0. The van der Waals surface area contributed by atoms with Gasteiger partial charge < -0.3 is 19.5 Å². The van der Waals surface area contributed by atoms with Crippen molar-refractivity contribution >= 4 is 32.7 Å². The van der Waals surface area contributed by atoms with E-state index < -0.39 is 10.0 Å². The average molecular weight is 510 g/mol. The number of aryl methyl sites for hydroxylation is 1. The zero-order chi connectivity index (χ0) is 25.3. The molecule has 0 amide bonds. The quantitative estimate of drug-likeness (QED) is 0.366. The molecule has 2 N–H and O–H groups in total. The van der Waals surface area contributed by atoms with Crippen molar-refractivity contribution in [3.05, 3.63) is 65.9 Å². The number of fused-ring (bicyclic) bond motifs is 1. The lowest BCUT2D eigenvalue weighted by Gasteiger charge is -2.16. The molecular formula is C25H27N5O5S. The van der Waals surface area contributed by atoms with Gasteiger partial charge in [-0.25, -0.2) is 12.4 Å². The Bertz CT molecular complexity index is 1500.